The summed E-state index contributed by atoms with van der Waals surface area (Å²) in [7, 11) is 0. The zero-order valence-electron chi connectivity index (χ0n) is 13.7. The summed E-state index contributed by atoms with van der Waals surface area (Å²) in [5.41, 5.74) is 1.41. The minimum atomic E-state index is -2.28. The fraction of sp³-hybridized carbons (Fsp3) is 0.667. The summed E-state index contributed by atoms with van der Waals surface area (Å²) in [6.07, 6.45) is 6.45. The predicted octanol–water partition coefficient (Wildman–Crippen LogP) is 5.81. The summed E-state index contributed by atoms with van der Waals surface area (Å²) in [5, 5.41) is 0. The van der Waals surface area contributed by atoms with Gasteiger partial charge in [0.05, 0.1) is 0 Å². The summed E-state index contributed by atoms with van der Waals surface area (Å²) in [6.45, 7) is 7.93. The molecule has 0 aliphatic rings. The van der Waals surface area contributed by atoms with E-state index >= 15 is 0 Å². The van der Waals surface area contributed by atoms with Crippen molar-refractivity contribution in [1.82, 2.24) is 0 Å². The molecule has 0 radical (unpaired) electrons. The molecular weight excluding hydrogens is 351 g/mol. The average Bonchev–Trinajstić information content (AvgIpc) is 2.51. The molecule has 0 saturated carbocycles. The molecule has 0 heterocycles. The van der Waals surface area contributed by atoms with Gasteiger partial charge in [0.25, 0.3) is 0 Å². The van der Waals surface area contributed by atoms with Crippen molar-refractivity contribution >= 4 is 18.8 Å². The quantitative estimate of drug-likeness (QED) is 0.438. The second-order valence-electron chi connectivity index (χ2n) is 5.83. The number of unbranched alkanes of at least 4 members (excludes halogenated alkanes) is 2. The van der Waals surface area contributed by atoms with E-state index in [4.69, 9.17) is 3.07 Å². The third kappa shape index (κ3) is 6.62. The van der Waals surface area contributed by atoms with Gasteiger partial charge in [-0.1, -0.05) is 0 Å². The molecule has 0 bridgehead atoms. The van der Waals surface area contributed by atoms with E-state index in [2.05, 4.69) is 51.1 Å². The summed E-state index contributed by atoms with van der Waals surface area (Å²) < 4.78 is 10.8. The summed E-state index contributed by atoms with van der Waals surface area (Å²) >= 11 is -2.28. The van der Waals surface area contributed by atoms with E-state index in [0.717, 1.165) is 13.0 Å². The molecule has 0 aromatic heterocycles. The number of hydrogen-bond donors (Lipinski definition) is 0. The van der Waals surface area contributed by atoms with Crippen molar-refractivity contribution in [2.24, 2.45) is 0 Å². The van der Waals surface area contributed by atoms with Crippen LogP contribution in [0.2, 0.25) is 13.3 Å². The Morgan fingerprint density at radius 1 is 0.900 bits per heavy atom. The van der Waals surface area contributed by atoms with Gasteiger partial charge in [-0.2, -0.15) is 0 Å². The molecule has 2 heteroatoms. The minimum absolute atomic E-state index is 0.946. The Morgan fingerprint density at radius 3 is 2.00 bits per heavy atom. The Bertz CT molecular complexity index is 329. The van der Waals surface area contributed by atoms with Crippen LogP contribution >= 0.6 is 0 Å². The van der Waals surface area contributed by atoms with Crippen molar-refractivity contribution in [3.63, 3.8) is 0 Å². The number of rotatable bonds is 11. The van der Waals surface area contributed by atoms with Crippen LogP contribution in [-0.4, -0.2) is 25.4 Å². The summed E-state index contributed by atoms with van der Waals surface area (Å²) in [4.78, 5) is 0. The standard InChI is InChI=1S/C8H9O.2C4H9.C2H5.Sn/c9-7-6-8-4-2-1-3-5-8;2*1-3-4-2;1-2;/h1-5H,6-7H2;2*1,3-4H2,2H3;1H2,2H3;/q-1;;;;+1. The SMILES string of the molecule is CCC[CH2][Sn]([CH2]C)([CH2]CCC)[O]CCc1ccccc1. The zero-order valence-corrected chi connectivity index (χ0v) is 16.5. The van der Waals surface area contributed by atoms with E-state index in [-0.39, 0.29) is 0 Å². The van der Waals surface area contributed by atoms with Crippen molar-refractivity contribution < 1.29 is 3.07 Å². The fourth-order valence-electron chi connectivity index (χ4n) is 2.75. The first-order valence-corrected chi connectivity index (χ1v) is 15.7. The average molecular weight is 383 g/mol. The van der Waals surface area contributed by atoms with Crippen molar-refractivity contribution in [2.45, 2.75) is 66.2 Å². The maximum atomic E-state index is 6.60. The molecule has 1 aromatic carbocycles. The fourth-order valence-corrected chi connectivity index (χ4v) is 14.1. The van der Waals surface area contributed by atoms with Crippen LogP contribution in [0.25, 0.3) is 0 Å². The maximum absolute atomic E-state index is 6.60. The number of benzene rings is 1. The van der Waals surface area contributed by atoms with Gasteiger partial charge in [0, 0.05) is 0 Å². The van der Waals surface area contributed by atoms with Crippen LogP contribution in [0.5, 0.6) is 0 Å². The van der Waals surface area contributed by atoms with Crippen molar-refractivity contribution in [3.05, 3.63) is 35.9 Å². The Morgan fingerprint density at radius 2 is 1.50 bits per heavy atom. The van der Waals surface area contributed by atoms with Gasteiger partial charge < -0.3 is 0 Å². The van der Waals surface area contributed by atoms with E-state index < -0.39 is 18.8 Å². The van der Waals surface area contributed by atoms with Gasteiger partial charge in [-0.25, -0.2) is 0 Å². The molecule has 0 saturated heterocycles. The first-order chi connectivity index (χ1) is 9.76. The van der Waals surface area contributed by atoms with E-state index in [9.17, 15) is 0 Å². The molecule has 1 nitrogen and oxygen atoms in total. The molecule has 0 aliphatic carbocycles. The molecule has 0 atom stereocenters. The van der Waals surface area contributed by atoms with Gasteiger partial charge in [-0.05, 0) is 0 Å². The van der Waals surface area contributed by atoms with Gasteiger partial charge in [-0.15, -0.1) is 0 Å². The van der Waals surface area contributed by atoms with Crippen molar-refractivity contribution in [3.8, 4) is 0 Å². The van der Waals surface area contributed by atoms with E-state index in [1.807, 2.05) is 0 Å². The Kier molecular flexibility index (Phi) is 9.62. The predicted molar refractivity (Wildman–Crippen MR) is 91.8 cm³/mol. The van der Waals surface area contributed by atoms with Crippen LogP contribution in [0, 0.1) is 0 Å². The van der Waals surface area contributed by atoms with Crippen molar-refractivity contribution in [1.29, 1.82) is 0 Å². The molecule has 20 heavy (non-hydrogen) atoms. The van der Waals surface area contributed by atoms with Gasteiger partial charge >= 0.3 is 131 Å². The van der Waals surface area contributed by atoms with E-state index in [0.29, 0.717) is 0 Å². The van der Waals surface area contributed by atoms with E-state index in [1.165, 1.54) is 44.6 Å². The van der Waals surface area contributed by atoms with Gasteiger partial charge in [0.2, 0.25) is 0 Å². The van der Waals surface area contributed by atoms with Gasteiger partial charge in [0.1, 0.15) is 0 Å². The first-order valence-electron chi connectivity index (χ1n) is 8.44. The molecule has 114 valence electrons. The van der Waals surface area contributed by atoms with Gasteiger partial charge in [0.15, 0.2) is 0 Å². The molecule has 1 rings (SSSR count). The normalized spacial score (nSPS) is 11.8. The van der Waals surface area contributed by atoms with Crippen LogP contribution in [0.3, 0.4) is 0 Å². The van der Waals surface area contributed by atoms with E-state index in [1.54, 1.807) is 0 Å². The van der Waals surface area contributed by atoms with Crippen LogP contribution < -0.4 is 0 Å². The summed E-state index contributed by atoms with van der Waals surface area (Å²) in [5.74, 6) is 0. The third-order valence-electron chi connectivity index (χ3n) is 4.26. The summed E-state index contributed by atoms with van der Waals surface area (Å²) in [6, 6.07) is 10.8. The third-order valence-corrected chi connectivity index (χ3v) is 17.5. The van der Waals surface area contributed by atoms with Crippen LogP contribution in [0.4, 0.5) is 0 Å². The Balaban J connectivity index is 2.49. The molecule has 0 amide bonds. The molecular formula is C18H32OSn. The Labute approximate surface area is 130 Å². The molecule has 0 unspecified atom stereocenters. The molecule has 0 spiro atoms. The molecule has 0 N–H and O–H groups in total. The van der Waals surface area contributed by atoms with Crippen LogP contribution in [0.15, 0.2) is 30.3 Å². The monoisotopic (exact) mass is 384 g/mol. The zero-order chi connectivity index (χ0) is 14.7. The second kappa shape index (κ2) is 10.7. The van der Waals surface area contributed by atoms with Crippen LogP contribution in [0.1, 0.15) is 52.0 Å². The van der Waals surface area contributed by atoms with Crippen molar-refractivity contribution in [2.75, 3.05) is 6.61 Å². The van der Waals surface area contributed by atoms with Crippen LogP contribution in [-0.2, 0) is 9.49 Å². The Hall–Kier alpha value is -0.0213. The van der Waals surface area contributed by atoms with Gasteiger partial charge in [-0.3, -0.25) is 0 Å². The molecule has 0 fully saturated rings. The topological polar surface area (TPSA) is 9.23 Å². The second-order valence-corrected chi connectivity index (χ2v) is 18.3. The molecule has 0 aliphatic heterocycles. The number of hydrogen-bond acceptors (Lipinski definition) is 1. The molecule has 1 aromatic rings. The first kappa shape index (κ1) is 18.0.